The van der Waals surface area contributed by atoms with Crippen LogP contribution in [-0.4, -0.2) is 17.1 Å². The Hall–Kier alpha value is -2.41. The molecule has 2 rings (SSSR count). The van der Waals surface area contributed by atoms with Crippen LogP contribution >= 0.6 is 11.3 Å². The van der Waals surface area contributed by atoms with Crippen LogP contribution in [0.1, 0.15) is 9.67 Å². The van der Waals surface area contributed by atoms with E-state index in [0.717, 1.165) is 17.4 Å². The second-order valence-corrected chi connectivity index (χ2v) is 4.47. The van der Waals surface area contributed by atoms with Gasteiger partial charge in [-0.15, -0.1) is 11.3 Å². The number of thiophene rings is 1. The minimum atomic E-state index is -1.11. The first-order valence-electron chi connectivity index (χ1n) is 5.20. The third kappa shape index (κ3) is 3.29. The van der Waals surface area contributed by atoms with E-state index >= 15 is 0 Å². The molecule has 0 unspecified atom stereocenters. The number of anilines is 2. The summed E-state index contributed by atoms with van der Waals surface area (Å²) in [5, 5.41) is 15.2. The van der Waals surface area contributed by atoms with E-state index in [4.69, 9.17) is 5.11 Å². The van der Waals surface area contributed by atoms with Crippen molar-refractivity contribution in [1.29, 1.82) is 0 Å². The van der Waals surface area contributed by atoms with Crippen LogP contribution in [0.25, 0.3) is 0 Å². The van der Waals surface area contributed by atoms with Gasteiger partial charge in [0.15, 0.2) is 0 Å². The monoisotopic (exact) mass is 280 g/mol. The van der Waals surface area contributed by atoms with E-state index in [-0.39, 0.29) is 16.3 Å². The predicted octanol–water partition coefficient (Wildman–Crippen LogP) is 3.23. The molecule has 98 valence electrons. The van der Waals surface area contributed by atoms with Crippen molar-refractivity contribution >= 4 is 34.7 Å². The van der Waals surface area contributed by atoms with Crippen molar-refractivity contribution in [2.24, 2.45) is 0 Å². The first-order chi connectivity index (χ1) is 9.06. The standard InChI is InChI=1S/C12H9FN2O3S/c13-7-2-1-3-8(6-7)14-12(18)15-9-4-5-19-10(9)11(16)17/h1-6H,(H,16,17)(H2,14,15,18). The van der Waals surface area contributed by atoms with Crippen molar-refractivity contribution < 1.29 is 19.1 Å². The van der Waals surface area contributed by atoms with Crippen molar-refractivity contribution in [3.05, 3.63) is 46.4 Å². The number of hydrogen-bond donors (Lipinski definition) is 3. The average molecular weight is 280 g/mol. The Kier molecular flexibility index (Phi) is 3.76. The molecule has 0 radical (unpaired) electrons. The first-order valence-corrected chi connectivity index (χ1v) is 6.08. The van der Waals surface area contributed by atoms with Crippen LogP contribution in [0.4, 0.5) is 20.6 Å². The predicted molar refractivity (Wildman–Crippen MR) is 70.3 cm³/mol. The van der Waals surface area contributed by atoms with Gasteiger partial charge in [-0.2, -0.15) is 0 Å². The smallest absolute Gasteiger partial charge is 0.348 e. The zero-order valence-corrected chi connectivity index (χ0v) is 10.3. The maximum absolute atomic E-state index is 12.9. The lowest BCUT2D eigenvalue weighted by Crippen LogP contribution is -2.20. The summed E-state index contributed by atoms with van der Waals surface area (Å²) in [6.45, 7) is 0. The molecule has 1 aromatic heterocycles. The van der Waals surface area contributed by atoms with E-state index in [9.17, 15) is 14.0 Å². The molecule has 0 saturated carbocycles. The summed E-state index contributed by atoms with van der Waals surface area (Å²) in [4.78, 5) is 22.5. The Morgan fingerprint density at radius 1 is 1.21 bits per heavy atom. The lowest BCUT2D eigenvalue weighted by atomic mass is 10.3. The second kappa shape index (κ2) is 5.49. The van der Waals surface area contributed by atoms with Crippen LogP contribution < -0.4 is 10.6 Å². The van der Waals surface area contributed by atoms with Gasteiger partial charge >= 0.3 is 12.0 Å². The third-order valence-corrected chi connectivity index (χ3v) is 3.09. The van der Waals surface area contributed by atoms with Gasteiger partial charge in [0.05, 0.1) is 5.69 Å². The number of carbonyl (C=O) groups excluding carboxylic acids is 1. The summed E-state index contributed by atoms with van der Waals surface area (Å²) in [5.41, 5.74) is 0.482. The highest BCUT2D eigenvalue weighted by Crippen LogP contribution is 2.22. The molecular weight excluding hydrogens is 271 g/mol. The van der Waals surface area contributed by atoms with Crippen molar-refractivity contribution in [1.82, 2.24) is 0 Å². The molecule has 0 bridgehead atoms. The molecule has 0 aliphatic rings. The fourth-order valence-electron chi connectivity index (χ4n) is 1.42. The molecule has 7 heteroatoms. The van der Waals surface area contributed by atoms with Crippen LogP contribution in [0.3, 0.4) is 0 Å². The molecule has 0 atom stereocenters. The summed E-state index contributed by atoms with van der Waals surface area (Å²) >= 11 is 1.01. The molecule has 0 spiro atoms. The average Bonchev–Trinajstić information content (AvgIpc) is 2.76. The normalized spacial score (nSPS) is 9.95. The van der Waals surface area contributed by atoms with E-state index in [0.29, 0.717) is 0 Å². The van der Waals surface area contributed by atoms with Gasteiger partial charge in [0.2, 0.25) is 0 Å². The lowest BCUT2D eigenvalue weighted by Gasteiger charge is -2.07. The van der Waals surface area contributed by atoms with Crippen LogP contribution in [0.15, 0.2) is 35.7 Å². The molecule has 5 nitrogen and oxygen atoms in total. The molecule has 1 aromatic carbocycles. The first kappa shape index (κ1) is 13.0. The van der Waals surface area contributed by atoms with Gasteiger partial charge in [-0.3, -0.25) is 0 Å². The largest absolute Gasteiger partial charge is 0.477 e. The molecule has 19 heavy (non-hydrogen) atoms. The molecule has 0 aliphatic heterocycles. The molecule has 1 heterocycles. The van der Waals surface area contributed by atoms with Gasteiger partial charge in [0, 0.05) is 5.69 Å². The highest BCUT2D eigenvalue weighted by Gasteiger charge is 2.13. The minimum absolute atomic E-state index is 0.0365. The van der Waals surface area contributed by atoms with Crippen molar-refractivity contribution in [3.63, 3.8) is 0 Å². The van der Waals surface area contributed by atoms with Gasteiger partial charge in [0.1, 0.15) is 10.7 Å². The Balaban J connectivity index is 2.05. The summed E-state index contributed by atoms with van der Waals surface area (Å²) in [6.07, 6.45) is 0. The number of carbonyl (C=O) groups is 2. The van der Waals surface area contributed by atoms with Gasteiger partial charge < -0.3 is 15.7 Å². The molecule has 0 fully saturated rings. The quantitative estimate of drug-likeness (QED) is 0.807. The number of aromatic carboxylic acids is 1. The Morgan fingerprint density at radius 2 is 2.00 bits per heavy atom. The van der Waals surface area contributed by atoms with E-state index < -0.39 is 17.8 Å². The number of urea groups is 1. The zero-order chi connectivity index (χ0) is 13.8. The molecule has 2 aromatic rings. The van der Waals surface area contributed by atoms with Crippen LogP contribution in [0, 0.1) is 5.82 Å². The van der Waals surface area contributed by atoms with E-state index in [1.807, 2.05) is 0 Å². The number of benzene rings is 1. The summed E-state index contributed by atoms with van der Waals surface area (Å²) in [5.74, 6) is -1.59. The third-order valence-electron chi connectivity index (χ3n) is 2.19. The molecule has 0 saturated heterocycles. The Labute approximate surface area is 111 Å². The van der Waals surface area contributed by atoms with Crippen molar-refractivity contribution in [2.45, 2.75) is 0 Å². The lowest BCUT2D eigenvalue weighted by molar-refractivity contribution is 0.0703. The SMILES string of the molecule is O=C(Nc1cccc(F)c1)Nc1ccsc1C(=O)O. The Bertz CT molecular complexity index is 627. The topological polar surface area (TPSA) is 78.4 Å². The van der Waals surface area contributed by atoms with Crippen LogP contribution in [-0.2, 0) is 0 Å². The van der Waals surface area contributed by atoms with E-state index in [1.54, 1.807) is 5.38 Å². The van der Waals surface area contributed by atoms with Gasteiger partial charge in [0.25, 0.3) is 0 Å². The fourth-order valence-corrected chi connectivity index (χ4v) is 2.11. The van der Waals surface area contributed by atoms with E-state index in [1.165, 1.54) is 24.3 Å². The number of amides is 2. The van der Waals surface area contributed by atoms with Crippen LogP contribution in [0.5, 0.6) is 0 Å². The molecule has 0 aliphatic carbocycles. The number of hydrogen-bond acceptors (Lipinski definition) is 3. The Morgan fingerprint density at radius 3 is 2.68 bits per heavy atom. The molecule has 2 amide bonds. The van der Waals surface area contributed by atoms with Crippen molar-refractivity contribution in [2.75, 3.05) is 10.6 Å². The van der Waals surface area contributed by atoms with Crippen LogP contribution in [0.2, 0.25) is 0 Å². The number of nitrogens with one attached hydrogen (secondary N) is 2. The maximum Gasteiger partial charge on any atom is 0.348 e. The van der Waals surface area contributed by atoms with Gasteiger partial charge in [-0.1, -0.05) is 6.07 Å². The van der Waals surface area contributed by atoms with E-state index in [2.05, 4.69) is 10.6 Å². The molecular formula is C12H9FN2O3S. The van der Waals surface area contributed by atoms with Gasteiger partial charge in [-0.25, -0.2) is 14.0 Å². The fraction of sp³-hybridized carbons (Fsp3) is 0. The summed E-state index contributed by atoms with van der Waals surface area (Å²) in [7, 11) is 0. The molecule has 3 N–H and O–H groups in total. The number of carboxylic acid groups (broad SMARTS) is 1. The summed E-state index contributed by atoms with van der Waals surface area (Å²) < 4.78 is 12.9. The highest BCUT2D eigenvalue weighted by molar-refractivity contribution is 7.12. The van der Waals surface area contributed by atoms with Gasteiger partial charge in [-0.05, 0) is 29.6 Å². The second-order valence-electron chi connectivity index (χ2n) is 3.56. The highest BCUT2D eigenvalue weighted by atomic mass is 32.1. The zero-order valence-electron chi connectivity index (χ0n) is 9.51. The minimum Gasteiger partial charge on any atom is -0.477 e. The number of halogens is 1. The summed E-state index contributed by atoms with van der Waals surface area (Å²) in [6, 6.07) is 6.24. The maximum atomic E-state index is 12.9. The number of rotatable bonds is 3. The van der Waals surface area contributed by atoms with Crippen molar-refractivity contribution in [3.8, 4) is 0 Å². The number of carboxylic acids is 1.